The van der Waals surface area contributed by atoms with Crippen molar-refractivity contribution in [3.63, 3.8) is 0 Å². The van der Waals surface area contributed by atoms with Gasteiger partial charge in [-0.1, -0.05) is 54.4 Å². The highest BCUT2D eigenvalue weighted by Crippen LogP contribution is 2.15. The first-order valence-corrected chi connectivity index (χ1v) is 35.0. The van der Waals surface area contributed by atoms with Gasteiger partial charge in [-0.3, -0.25) is 72.5 Å². The van der Waals surface area contributed by atoms with Crippen LogP contribution in [0.2, 0.25) is 0 Å². The Labute approximate surface area is 606 Å². The van der Waals surface area contributed by atoms with E-state index in [1.54, 1.807) is 41.5 Å². The molecule has 0 heterocycles. The van der Waals surface area contributed by atoms with Crippen LogP contribution in [-0.4, -0.2) is 240 Å². The lowest BCUT2D eigenvalue weighted by Gasteiger charge is -2.30. The predicted octanol–water partition coefficient (Wildman–Crippen LogP) is -9.08. The quantitative estimate of drug-likeness (QED) is 0.0153. The molecule has 15 atom stereocenters. The molecule has 0 aliphatic heterocycles. The molecule has 0 saturated heterocycles. The van der Waals surface area contributed by atoms with Crippen LogP contribution in [0.4, 0.5) is 0 Å². The molecule has 41 heteroatoms. The molecule has 0 bridgehead atoms. The smallest absolute Gasteiger partial charge is 0.326 e. The summed E-state index contributed by atoms with van der Waals surface area (Å²) < 4.78 is 0. The number of carboxylic acid groups (broad SMARTS) is 1. The second kappa shape index (κ2) is 51.8. The summed E-state index contributed by atoms with van der Waals surface area (Å²) in [6.45, 7) is 9.31. The van der Waals surface area contributed by atoms with Crippen LogP contribution in [0.15, 0.2) is 15.0 Å². The highest BCUT2D eigenvalue weighted by molar-refractivity contribution is 5.99. The number of rotatable bonds is 55. The first-order chi connectivity index (χ1) is 48.9. The molecular weight excluding hydrogens is 1360 g/mol. The van der Waals surface area contributed by atoms with Crippen molar-refractivity contribution in [2.45, 2.75) is 236 Å². The maximum absolute atomic E-state index is 14.5. The van der Waals surface area contributed by atoms with Crippen molar-refractivity contribution in [3.8, 4) is 0 Å². The predicted molar refractivity (Wildman–Crippen MR) is 385 cm³/mol. The molecule has 35 N–H and O–H groups in total. The summed E-state index contributed by atoms with van der Waals surface area (Å²) in [5.74, 6) is -15.2. The van der Waals surface area contributed by atoms with E-state index >= 15 is 0 Å². The molecule has 0 aromatic heterocycles. The second-order valence-corrected chi connectivity index (χ2v) is 25.8. The summed E-state index contributed by atoms with van der Waals surface area (Å²) in [6, 6.07) is -18.2. The van der Waals surface area contributed by atoms with Gasteiger partial charge < -0.3 is 136 Å². The fourth-order valence-electron chi connectivity index (χ4n) is 10.1. The molecule has 0 aliphatic rings. The van der Waals surface area contributed by atoms with Crippen molar-refractivity contribution in [2.75, 3.05) is 45.9 Å². The van der Waals surface area contributed by atoms with Crippen molar-refractivity contribution < 1.29 is 82.8 Å². The summed E-state index contributed by atoms with van der Waals surface area (Å²) in [7, 11) is 0. The normalized spacial score (nSPS) is 15.4. The second-order valence-electron chi connectivity index (χ2n) is 25.8. The topological polar surface area (TPSA) is 732 Å². The third kappa shape index (κ3) is 38.3. The van der Waals surface area contributed by atoms with Gasteiger partial charge in [-0.25, -0.2) is 4.79 Å². The minimum atomic E-state index is -1.82. The molecule has 0 aromatic carbocycles. The van der Waals surface area contributed by atoms with Crippen LogP contribution in [0.25, 0.3) is 0 Å². The van der Waals surface area contributed by atoms with Gasteiger partial charge in [-0.15, -0.1) is 0 Å². The number of aliphatic imine (C=N–C) groups is 3. The van der Waals surface area contributed by atoms with Gasteiger partial charge in [0.1, 0.15) is 66.5 Å². The minimum absolute atomic E-state index is 0.00211. The van der Waals surface area contributed by atoms with Crippen molar-refractivity contribution in [1.29, 1.82) is 0 Å². The van der Waals surface area contributed by atoms with Gasteiger partial charge >= 0.3 is 5.97 Å². The standard InChI is InChI=1S/C63H120N24O17/c1-8-33(5)46(85-53(96)40(20-15-27-75-62(70)71)77-49(92)36(66)22-23-45(67)91)57(100)81-39(19-14-26-74-61(68)69)50(93)78-37(17-10-12-24-64)51(94)83-43(30-88)55(98)79-38(18-11-13-25-65)52(95)86-47(34(6)9-2)58(101)84-44(31-89)56(99)80-41(21-16-28-76-63(72)73)54(97)87-48(35(7)90)59(102)82-42(60(103)104)29-32(3)4/h32-44,46-48,88-90H,8-31,64-66H2,1-7H3,(H2,67,91)(H,77,92)(H,78,93)(H,79,98)(H,80,99)(H,81,100)(H,82,102)(H,83,94)(H,84,101)(H,85,96)(H,86,95)(H,87,97)(H,103,104)(H4,68,69,74)(H4,70,71,75)(H4,72,73,76)/t33-,34-,35+,36-,37-,38-,39-,40-,41-,42-,43-,44-,46-,47-,48-/m0/s1. The first kappa shape index (κ1) is 94.7. The maximum Gasteiger partial charge on any atom is 0.326 e. The summed E-state index contributed by atoms with van der Waals surface area (Å²) in [5, 5.41) is 68.9. The molecule has 104 heavy (non-hydrogen) atoms. The van der Waals surface area contributed by atoms with E-state index in [0.717, 1.165) is 6.92 Å². The number of nitrogens with one attached hydrogen (secondary N) is 11. The van der Waals surface area contributed by atoms with Crippen molar-refractivity contribution in [2.24, 2.45) is 90.1 Å². The Morgan fingerprint density at radius 1 is 0.365 bits per heavy atom. The van der Waals surface area contributed by atoms with Crippen molar-refractivity contribution in [3.05, 3.63) is 0 Å². The molecule has 0 saturated carbocycles. The number of nitrogens with zero attached hydrogens (tertiary/aromatic N) is 3. The highest BCUT2D eigenvalue weighted by atomic mass is 16.4. The molecule has 12 amide bonds. The number of hydrogen-bond donors (Lipinski definition) is 25. The highest BCUT2D eigenvalue weighted by Gasteiger charge is 2.39. The van der Waals surface area contributed by atoms with E-state index in [2.05, 4.69) is 73.5 Å². The number of unbranched alkanes of at least 4 members (excludes halogenated alkanes) is 2. The van der Waals surface area contributed by atoms with E-state index in [4.69, 9.17) is 57.3 Å². The zero-order valence-electron chi connectivity index (χ0n) is 60.9. The van der Waals surface area contributed by atoms with Gasteiger partial charge in [-0.2, -0.15) is 0 Å². The monoisotopic (exact) mass is 1480 g/mol. The minimum Gasteiger partial charge on any atom is -0.480 e. The number of hydrogen-bond acceptors (Lipinski definition) is 22. The van der Waals surface area contributed by atoms with E-state index < -0.39 is 181 Å². The number of aliphatic hydroxyl groups is 3. The molecule has 41 nitrogen and oxygen atoms in total. The SMILES string of the molecule is CC[C@H](C)[C@H](NC(=O)[C@H](CCCCN)NC(=O)[C@H](CO)NC(=O)[C@H](CCCCN)NC(=O)[C@H](CCCN=C(N)N)NC(=O)[C@@H](NC(=O)[C@H](CCCN=C(N)N)NC(=O)[C@@H](N)CCC(N)=O)[C@@H](C)CC)C(=O)N[C@@H](CO)C(=O)N[C@@H](CCCN=C(N)N)C(=O)N[C@H](C(=O)N[C@@H](CC(C)C)C(=O)O)[C@@H](C)O. The zero-order valence-corrected chi connectivity index (χ0v) is 60.9. The van der Waals surface area contributed by atoms with E-state index in [1.165, 1.54) is 0 Å². The van der Waals surface area contributed by atoms with Crippen LogP contribution in [0, 0.1) is 17.8 Å². The average Bonchev–Trinajstić information content (AvgIpc) is 0.857. The Morgan fingerprint density at radius 3 is 0.942 bits per heavy atom. The third-order valence-corrected chi connectivity index (χ3v) is 16.5. The van der Waals surface area contributed by atoms with E-state index in [1.807, 2.05) is 0 Å². The molecule has 0 rings (SSSR count). The van der Waals surface area contributed by atoms with Crippen LogP contribution in [0.1, 0.15) is 158 Å². The fraction of sp³-hybridized carbons (Fsp3) is 0.746. The summed E-state index contributed by atoms with van der Waals surface area (Å²) >= 11 is 0. The lowest BCUT2D eigenvalue weighted by molar-refractivity contribution is -0.143. The zero-order chi connectivity index (χ0) is 79.3. The van der Waals surface area contributed by atoms with Crippen molar-refractivity contribution >= 4 is 94.7 Å². The molecule has 0 aliphatic carbocycles. The maximum atomic E-state index is 14.5. The number of carbonyl (C=O) groups excluding carboxylic acids is 12. The molecule has 0 unspecified atom stereocenters. The number of guanidine groups is 3. The molecule has 594 valence electrons. The lowest BCUT2D eigenvalue weighted by atomic mass is 9.96. The Hall–Kier alpha value is -9.32. The van der Waals surface area contributed by atoms with Crippen LogP contribution in [-0.2, 0) is 62.3 Å². The van der Waals surface area contributed by atoms with Gasteiger partial charge in [0.25, 0.3) is 0 Å². The lowest BCUT2D eigenvalue weighted by Crippen LogP contribution is -2.62. The molecule has 0 spiro atoms. The number of amides is 12. The Bertz CT molecular complexity index is 2840. The number of aliphatic carboxylic acids is 1. The average molecular weight is 1490 g/mol. The molecule has 0 fully saturated rings. The number of nitrogens with two attached hydrogens (primary N) is 10. The van der Waals surface area contributed by atoms with Crippen molar-refractivity contribution in [1.82, 2.24) is 58.5 Å². The van der Waals surface area contributed by atoms with Gasteiger partial charge in [0.05, 0.1) is 25.4 Å². The number of carbonyl (C=O) groups is 13. The third-order valence-electron chi connectivity index (χ3n) is 16.5. The fourth-order valence-corrected chi connectivity index (χ4v) is 10.1. The Kier molecular flexibility index (Phi) is 47.1. The summed E-state index contributed by atoms with van der Waals surface area (Å²) in [6.07, 6.45) is -0.777. The largest absolute Gasteiger partial charge is 0.480 e. The number of carboxylic acids is 1. The molecular formula is C63H120N24O17. The van der Waals surface area contributed by atoms with Crippen LogP contribution >= 0.6 is 0 Å². The van der Waals surface area contributed by atoms with E-state index in [0.29, 0.717) is 19.3 Å². The van der Waals surface area contributed by atoms with Crippen LogP contribution in [0.5, 0.6) is 0 Å². The molecule has 0 radical (unpaired) electrons. The van der Waals surface area contributed by atoms with Gasteiger partial charge in [0, 0.05) is 26.1 Å². The number of aliphatic hydroxyl groups excluding tert-OH is 3. The van der Waals surface area contributed by atoms with Gasteiger partial charge in [0.15, 0.2) is 17.9 Å². The van der Waals surface area contributed by atoms with Gasteiger partial charge in [0.2, 0.25) is 70.9 Å². The van der Waals surface area contributed by atoms with Crippen LogP contribution < -0.4 is 116 Å². The molecule has 0 aromatic rings. The Morgan fingerprint density at radius 2 is 0.644 bits per heavy atom. The summed E-state index contributed by atoms with van der Waals surface area (Å²) in [4.78, 5) is 190. The first-order valence-electron chi connectivity index (χ1n) is 35.0. The van der Waals surface area contributed by atoms with E-state index in [9.17, 15) is 82.8 Å². The number of primary amides is 1. The Balaban J connectivity index is 7.11. The van der Waals surface area contributed by atoms with Gasteiger partial charge in [-0.05, 0) is 128 Å². The summed E-state index contributed by atoms with van der Waals surface area (Å²) in [5.41, 5.74) is 55.8. The van der Waals surface area contributed by atoms with Crippen LogP contribution in [0.3, 0.4) is 0 Å². The van der Waals surface area contributed by atoms with E-state index in [-0.39, 0.29) is 146 Å².